The normalized spacial score (nSPS) is 30.0. The van der Waals surface area contributed by atoms with Gasteiger partial charge in [0.1, 0.15) is 0 Å². The minimum absolute atomic E-state index is 0.367. The van der Waals surface area contributed by atoms with Crippen LogP contribution in [0, 0.1) is 5.92 Å². The van der Waals surface area contributed by atoms with Gasteiger partial charge in [0.15, 0.2) is 0 Å². The lowest BCUT2D eigenvalue weighted by Crippen LogP contribution is -2.51. The van der Waals surface area contributed by atoms with Crippen LogP contribution < -0.4 is 0 Å². The third-order valence-electron chi connectivity index (χ3n) is 6.17. The summed E-state index contributed by atoms with van der Waals surface area (Å²) in [5, 5.41) is 12.4. The Morgan fingerprint density at radius 3 is 2.44 bits per heavy atom. The molecule has 0 amide bonds. The van der Waals surface area contributed by atoms with Crippen LogP contribution in [-0.4, -0.2) is 60.3 Å². The summed E-state index contributed by atoms with van der Waals surface area (Å²) in [6.07, 6.45) is 7.79. The van der Waals surface area contributed by atoms with E-state index in [1.54, 1.807) is 0 Å². The van der Waals surface area contributed by atoms with E-state index in [1.165, 1.54) is 24.8 Å². The second-order valence-electron chi connectivity index (χ2n) is 8.16. The number of halogens is 1. The van der Waals surface area contributed by atoms with Crippen LogP contribution in [0.25, 0.3) is 0 Å². The van der Waals surface area contributed by atoms with Crippen molar-refractivity contribution in [2.24, 2.45) is 5.92 Å². The lowest BCUT2D eigenvalue weighted by Gasteiger charge is -2.42. The summed E-state index contributed by atoms with van der Waals surface area (Å²) in [7, 11) is 2.20. The largest absolute Gasteiger partial charge is 0.389 e. The Balaban J connectivity index is 1.71. The van der Waals surface area contributed by atoms with Gasteiger partial charge in [-0.2, -0.15) is 0 Å². The SMILES string of the molecule is CN1CCN(CC2CCCCCCC2(O)Cc2ccc(Cl)cc2)CC1. The highest BCUT2D eigenvalue weighted by atomic mass is 35.5. The van der Waals surface area contributed by atoms with Crippen LogP contribution in [0.3, 0.4) is 0 Å². The highest BCUT2D eigenvalue weighted by Crippen LogP contribution is 2.35. The molecule has 0 spiro atoms. The van der Waals surface area contributed by atoms with Crippen molar-refractivity contribution in [1.29, 1.82) is 0 Å². The first-order chi connectivity index (χ1) is 12.0. The molecule has 4 heteroatoms. The lowest BCUT2D eigenvalue weighted by molar-refractivity contribution is -0.0512. The summed E-state index contributed by atoms with van der Waals surface area (Å²) in [5.41, 5.74) is 0.619. The predicted octanol–water partition coefficient (Wildman–Crippen LogP) is 3.83. The average molecular weight is 365 g/mol. The molecule has 25 heavy (non-hydrogen) atoms. The topological polar surface area (TPSA) is 26.7 Å². The van der Waals surface area contributed by atoms with Gasteiger partial charge in [0.05, 0.1) is 5.60 Å². The molecular weight excluding hydrogens is 332 g/mol. The molecule has 1 aromatic carbocycles. The van der Waals surface area contributed by atoms with Gasteiger partial charge in [-0.3, -0.25) is 0 Å². The minimum atomic E-state index is -0.586. The summed E-state index contributed by atoms with van der Waals surface area (Å²) >= 11 is 6.03. The molecule has 1 aromatic rings. The number of nitrogens with zero attached hydrogens (tertiary/aromatic N) is 2. The van der Waals surface area contributed by atoms with Crippen molar-refractivity contribution in [3.05, 3.63) is 34.9 Å². The molecule has 2 aliphatic rings. The summed E-state index contributed by atoms with van der Waals surface area (Å²) in [6.45, 7) is 5.58. The quantitative estimate of drug-likeness (QED) is 0.879. The van der Waals surface area contributed by atoms with Gasteiger partial charge in [-0.05, 0) is 37.6 Å². The van der Waals surface area contributed by atoms with Crippen molar-refractivity contribution in [1.82, 2.24) is 9.80 Å². The number of rotatable bonds is 4. The number of benzene rings is 1. The number of piperazine rings is 1. The maximum absolute atomic E-state index is 11.7. The first kappa shape index (κ1) is 19.2. The molecule has 0 aromatic heterocycles. The number of likely N-dealkylation sites (N-methyl/N-ethyl adjacent to an activating group) is 1. The molecule has 1 heterocycles. The lowest BCUT2D eigenvalue weighted by atomic mass is 9.74. The van der Waals surface area contributed by atoms with E-state index in [0.717, 1.165) is 63.4 Å². The molecule has 0 bridgehead atoms. The molecule has 1 N–H and O–H groups in total. The monoisotopic (exact) mass is 364 g/mol. The van der Waals surface area contributed by atoms with E-state index in [9.17, 15) is 5.11 Å². The minimum Gasteiger partial charge on any atom is -0.389 e. The molecule has 1 aliphatic carbocycles. The Hall–Kier alpha value is -0.610. The van der Waals surface area contributed by atoms with Crippen LogP contribution in [0.5, 0.6) is 0 Å². The van der Waals surface area contributed by atoms with Crippen molar-refractivity contribution in [2.75, 3.05) is 39.8 Å². The molecule has 0 radical (unpaired) electrons. The fourth-order valence-electron chi connectivity index (χ4n) is 4.44. The summed E-state index contributed by atoms with van der Waals surface area (Å²) in [5.74, 6) is 0.367. The van der Waals surface area contributed by atoms with Gasteiger partial charge in [-0.15, -0.1) is 0 Å². The van der Waals surface area contributed by atoms with Crippen LogP contribution in [-0.2, 0) is 6.42 Å². The molecule has 2 fully saturated rings. The standard InChI is InChI=1S/C21H33ClN2O/c1-23-12-14-24(15-13-23)17-19-6-4-2-3-5-11-21(19,25)16-18-7-9-20(22)10-8-18/h7-10,19,25H,2-6,11-17H2,1H3. The van der Waals surface area contributed by atoms with Gasteiger partial charge in [0.2, 0.25) is 0 Å². The van der Waals surface area contributed by atoms with Gasteiger partial charge < -0.3 is 14.9 Å². The zero-order valence-corrected chi connectivity index (χ0v) is 16.3. The van der Waals surface area contributed by atoms with E-state index in [1.807, 2.05) is 12.1 Å². The molecule has 3 rings (SSSR count). The molecule has 140 valence electrons. The Bertz CT molecular complexity index is 527. The number of aliphatic hydroxyl groups is 1. The van der Waals surface area contributed by atoms with E-state index >= 15 is 0 Å². The Morgan fingerprint density at radius 2 is 1.72 bits per heavy atom. The number of hydrogen-bond donors (Lipinski definition) is 1. The highest BCUT2D eigenvalue weighted by Gasteiger charge is 2.38. The summed E-state index contributed by atoms with van der Waals surface area (Å²) in [4.78, 5) is 4.97. The summed E-state index contributed by atoms with van der Waals surface area (Å²) < 4.78 is 0. The molecule has 1 saturated heterocycles. The van der Waals surface area contributed by atoms with Crippen LogP contribution in [0.2, 0.25) is 5.02 Å². The van der Waals surface area contributed by atoms with E-state index in [0.29, 0.717) is 5.92 Å². The molecule has 1 aliphatic heterocycles. The van der Waals surface area contributed by atoms with Crippen molar-refractivity contribution in [3.8, 4) is 0 Å². The summed E-state index contributed by atoms with van der Waals surface area (Å²) in [6, 6.07) is 8.04. The second-order valence-corrected chi connectivity index (χ2v) is 8.60. The molecule has 1 saturated carbocycles. The molecule has 3 nitrogen and oxygen atoms in total. The fraction of sp³-hybridized carbons (Fsp3) is 0.714. The van der Waals surface area contributed by atoms with E-state index < -0.39 is 5.60 Å². The fourth-order valence-corrected chi connectivity index (χ4v) is 4.57. The van der Waals surface area contributed by atoms with Gasteiger partial charge in [-0.1, -0.05) is 49.4 Å². The maximum Gasteiger partial charge on any atom is 0.0728 e. The van der Waals surface area contributed by atoms with Crippen LogP contribution in [0.4, 0.5) is 0 Å². The van der Waals surface area contributed by atoms with E-state index in [4.69, 9.17) is 11.6 Å². The van der Waals surface area contributed by atoms with Gasteiger partial charge in [0.25, 0.3) is 0 Å². The van der Waals surface area contributed by atoms with Crippen molar-refractivity contribution in [2.45, 2.75) is 50.5 Å². The Morgan fingerprint density at radius 1 is 1.04 bits per heavy atom. The van der Waals surface area contributed by atoms with Gasteiger partial charge >= 0.3 is 0 Å². The maximum atomic E-state index is 11.7. The van der Waals surface area contributed by atoms with Crippen LogP contribution >= 0.6 is 11.6 Å². The third-order valence-corrected chi connectivity index (χ3v) is 6.42. The second kappa shape index (κ2) is 8.85. The zero-order chi connectivity index (χ0) is 17.7. The first-order valence-electron chi connectivity index (χ1n) is 9.93. The molecule has 2 atom stereocenters. The zero-order valence-electron chi connectivity index (χ0n) is 15.6. The molecule has 2 unspecified atom stereocenters. The predicted molar refractivity (Wildman–Crippen MR) is 105 cm³/mol. The van der Waals surface area contributed by atoms with Crippen molar-refractivity contribution in [3.63, 3.8) is 0 Å². The highest BCUT2D eigenvalue weighted by molar-refractivity contribution is 6.30. The van der Waals surface area contributed by atoms with Crippen LogP contribution in [0.1, 0.15) is 44.1 Å². The smallest absolute Gasteiger partial charge is 0.0728 e. The third kappa shape index (κ3) is 5.43. The van der Waals surface area contributed by atoms with Crippen LogP contribution in [0.15, 0.2) is 24.3 Å². The average Bonchev–Trinajstić information content (AvgIpc) is 2.59. The Kier molecular flexibility index (Phi) is 6.79. The van der Waals surface area contributed by atoms with Gasteiger partial charge in [0, 0.05) is 50.1 Å². The Labute approximate surface area is 158 Å². The van der Waals surface area contributed by atoms with Crippen molar-refractivity contribution < 1.29 is 5.11 Å². The number of hydrogen-bond acceptors (Lipinski definition) is 3. The molecular formula is C21H33ClN2O. The van der Waals surface area contributed by atoms with Gasteiger partial charge in [-0.25, -0.2) is 0 Å². The van der Waals surface area contributed by atoms with Crippen molar-refractivity contribution >= 4 is 11.6 Å². The van der Waals surface area contributed by atoms with E-state index in [2.05, 4.69) is 29.0 Å². The first-order valence-corrected chi connectivity index (χ1v) is 10.3. The van der Waals surface area contributed by atoms with E-state index in [-0.39, 0.29) is 0 Å².